The third-order valence-electron chi connectivity index (χ3n) is 2.16. The van der Waals surface area contributed by atoms with Crippen LogP contribution in [0, 0.1) is 0 Å². The lowest BCUT2D eigenvalue weighted by atomic mass is 10.2. The molecule has 3 N–H and O–H groups in total. The van der Waals surface area contributed by atoms with Gasteiger partial charge in [-0.25, -0.2) is 4.79 Å². The average Bonchev–Trinajstić information content (AvgIpc) is 2.77. The van der Waals surface area contributed by atoms with E-state index in [9.17, 15) is 9.59 Å². The summed E-state index contributed by atoms with van der Waals surface area (Å²) < 4.78 is 5.28. The first-order valence-electron chi connectivity index (χ1n) is 5.31. The van der Waals surface area contributed by atoms with Crippen LogP contribution < -0.4 is 5.32 Å². The predicted octanol–water partition coefficient (Wildman–Crippen LogP) is 0.708. The van der Waals surface area contributed by atoms with Crippen molar-refractivity contribution in [3.05, 3.63) is 23.7 Å². The smallest absolute Gasteiger partial charge is 0.332 e. The highest BCUT2D eigenvalue weighted by atomic mass is 32.2. The molecular weight excluding hydrogens is 258 g/mol. The van der Waals surface area contributed by atoms with Crippen LogP contribution in [0.2, 0.25) is 0 Å². The Kier molecular flexibility index (Phi) is 5.73. The lowest BCUT2D eigenvalue weighted by molar-refractivity contribution is -0.146. The normalized spacial score (nSPS) is 12.1. The number of hydrogen-bond acceptors (Lipinski definition) is 5. The zero-order chi connectivity index (χ0) is 13.5. The number of aliphatic hydroxyl groups is 1. The van der Waals surface area contributed by atoms with Crippen LogP contribution in [-0.2, 0) is 10.5 Å². The highest BCUT2D eigenvalue weighted by molar-refractivity contribution is 7.97. The largest absolute Gasteiger partial charge is 0.479 e. The molecule has 0 aliphatic rings. The third kappa shape index (κ3) is 4.42. The van der Waals surface area contributed by atoms with Gasteiger partial charge in [-0.1, -0.05) is 0 Å². The van der Waals surface area contributed by atoms with Crippen molar-refractivity contribution in [1.29, 1.82) is 0 Å². The molecule has 0 bridgehead atoms. The zero-order valence-corrected chi connectivity index (χ0v) is 10.7. The van der Waals surface area contributed by atoms with E-state index in [1.54, 1.807) is 23.9 Å². The van der Waals surface area contributed by atoms with E-state index in [1.165, 1.54) is 0 Å². The Morgan fingerprint density at radius 2 is 2.22 bits per heavy atom. The van der Waals surface area contributed by atoms with E-state index in [2.05, 4.69) is 5.32 Å². The number of nitrogens with one attached hydrogen (secondary N) is 1. The molecule has 0 aromatic carbocycles. The Morgan fingerprint density at radius 3 is 2.83 bits per heavy atom. The number of carbonyl (C=O) groups excluding carboxylic acids is 1. The molecule has 0 radical (unpaired) electrons. The van der Waals surface area contributed by atoms with Gasteiger partial charge in [-0.15, -0.1) is 0 Å². The zero-order valence-electron chi connectivity index (χ0n) is 9.88. The second kappa shape index (κ2) is 7.07. The Labute approximate surface area is 108 Å². The number of aliphatic carboxylic acids is 1. The lowest BCUT2D eigenvalue weighted by Gasteiger charge is -2.05. The summed E-state index contributed by atoms with van der Waals surface area (Å²) >= 11 is 1.58. The second-order valence-electron chi connectivity index (χ2n) is 3.60. The van der Waals surface area contributed by atoms with Crippen molar-refractivity contribution in [2.45, 2.75) is 18.3 Å². The summed E-state index contributed by atoms with van der Waals surface area (Å²) in [7, 11) is 0. The Balaban J connectivity index is 2.38. The SMILES string of the molecule is CSCc1ccc(C(=O)NCC[C@H](O)C(=O)O)o1. The predicted molar refractivity (Wildman–Crippen MR) is 66.5 cm³/mol. The number of amides is 1. The minimum atomic E-state index is -1.46. The van der Waals surface area contributed by atoms with Crippen molar-refractivity contribution < 1.29 is 24.2 Å². The van der Waals surface area contributed by atoms with E-state index < -0.39 is 18.0 Å². The maximum absolute atomic E-state index is 11.6. The standard InChI is InChI=1S/C11H15NO5S/c1-18-6-7-2-3-9(17-7)10(14)12-5-4-8(13)11(15)16/h2-3,8,13H,4-6H2,1H3,(H,12,14)(H,15,16)/t8-/m0/s1. The molecule has 18 heavy (non-hydrogen) atoms. The minimum absolute atomic E-state index is 0.0422. The Hall–Kier alpha value is -1.47. The first kappa shape index (κ1) is 14.6. The molecule has 0 unspecified atom stereocenters. The quantitative estimate of drug-likeness (QED) is 0.676. The van der Waals surface area contributed by atoms with Gasteiger partial charge in [0.1, 0.15) is 5.76 Å². The van der Waals surface area contributed by atoms with E-state index in [0.29, 0.717) is 11.5 Å². The van der Waals surface area contributed by atoms with Gasteiger partial charge in [0.25, 0.3) is 5.91 Å². The topological polar surface area (TPSA) is 99.8 Å². The number of rotatable bonds is 7. The second-order valence-corrected chi connectivity index (χ2v) is 4.46. The number of thioether (sulfide) groups is 1. The number of furan rings is 1. The molecule has 6 nitrogen and oxygen atoms in total. The van der Waals surface area contributed by atoms with Crippen molar-refractivity contribution in [2.24, 2.45) is 0 Å². The first-order chi connectivity index (χ1) is 8.54. The minimum Gasteiger partial charge on any atom is -0.479 e. The molecule has 0 saturated carbocycles. The average molecular weight is 273 g/mol. The fourth-order valence-electron chi connectivity index (χ4n) is 1.25. The van der Waals surface area contributed by atoms with Crippen molar-refractivity contribution in [2.75, 3.05) is 12.8 Å². The highest BCUT2D eigenvalue weighted by Gasteiger charge is 2.14. The van der Waals surface area contributed by atoms with Gasteiger partial charge < -0.3 is 19.9 Å². The monoisotopic (exact) mass is 273 g/mol. The van der Waals surface area contributed by atoms with Crippen LogP contribution in [0.25, 0.3) is 0 Å². The molecule has 1 aromatic heterocycles. The Morgan fingerprint density at radius 1 is 1.50 bits per heavy atom. The van der Waals surface area contributed by atoms with Crippen molar-refractivity contribution in [1.82, 2.24) is 5.32 Å². The highest BCUT2D eigenvalue weighted by Crippen LogP contribution is 2.13. The van der Waals surface area contributed by atoms with Gasteiger partial charge in [0.2, 0.25) is 0 Å². The summed E-state index contributed by atoms with van der Waals surface area (Å²) in [5.41, 5.74) is 0. The van der Waals surface area contributed by atoms with Crippen molar-refractivity contribution >= 4 is 23.6 Å². The molecule has 7 heteroatoms. The number of carboxylic acids is 1. The van der Waals surface area contributed by atoms with Crippen LogP contribution in [0.1, 0.15) is 22.7 Å². The summed E-state index contributed by atoms with van der Waals surface area (Å²) in [6, 6.07) is 3.28. The van der Waals surface area contributed by atoms with E-state index in [1.807, 2.05) is 6.26 Å². The van der Waals surface area contributed by atoms with Gasteiger partial charge in [0.05, 0.1) is 5.75 Å². The molecule has 1 amide bonds. The van der Waals surface area contributed by atoms with Gasteiger partial charge in [-0.2, -0.15) is 11.8 Å². The third-order valence-corrected chi connectivity index (χ3v) is 2.73. The summed E-state index contributed by atoms with van der Waals surface area (Å²) in [6.45, 7) is 0.0743. The molecular formula is C11H15NO5S. The molecule has 0 aliphatic heterocycles. The fourth-order valence-corrected chi connectivity index (χ4v) is 1.69. The fraction of sp³-hybridized carbons (Fsp3) is 0.455. The molecule has 0 fully saturated rings. The molecule has 1 heterocycles. The van der Waals surface area contributed by atoms with Gasteiger partial charge in [-0.3, -0.25) is 4.79 Å². The number of carbonyl (C=O) groups is 2. The number of hydrogen-bond donors (Lipinski definition) is 3. The maximum Gasteiger partial charge on any atom is 0.332 e. The van der Waals surface area contributed by atoms with Gasteiger partial charge >= 0.3 is 5.97 Å². The summed E-state index contributed by atoms with van der Waals surface area (Å²) in [4.78, 5) is 21.9. The molecule has 100 valence electrons. The molecule has 1 atom stereocenters. The van der Waals surface area contributed by atoms with E-state index in [4.69, 9.17) is 14.6 Å². The van der Waals surface area contributed by atoms with Gasteiger partial charge in [0.15, 0.2) is 11.9 Å². The van der Waals surface area contributed by atoms with Crippen molar-refractivity contribution in [3.63, 3.8) is 0 Å². The van der Waals surface area contributed by atoms with E-state index in [0.717, 1.165) is 0 Å². The number of carboxylic acid groups (broad SMARTS) is 1. The van der Waals surface area contributed by atoms with Gasteiger partial charge in [-0.05, 0) is 18.4 Å². The van der Waals surface area contributed by atoms with Gasteiger partial charge in [0, 0.05) is 13.0 Å². The number of aliphatic hydroxyl groups excluding tert-OH is 1. The molecule has 1 rings (SSSR count). The lowest BCUT2D eigenvalue weighted by Crippen LogP contribution is -2.29. The van der Waals surface area contributed by atoms with E-state index in [-0.39, 0.29) is 18.7 Å². The summed E-state index contributed by atoms with van der Waals surface area (Å²) in [5, 5.41) is 19.9. The molecule has 0 aliphatic carbocycles. The molecule has 0 spiro atoms. The van der Waals surface area contributed by atoms with Crippen LogP contribution in [0.5, 0.6) is 0 Å². The van der Waals surface area contributed by atoms with Crippen LogP contribution >= 0.6 is 11.8 Å². The van der Waals surface area contributed by atoms with Crippen LogP contribution in [0.15, 0.2) is 16.5 Å². The summed E-state index contributed by atoms with van der Waals surface area (Å²) in [5.74, 6) is -0.142. The first-order valence-corrected chi connectivity index (χ1v) is 6.70. The van der Waals surface area contributed by atoms with Crippen LogP contribution in [0.4, 0.5) is 0 Å². The molecule has 1 aromatic rings. The van der Waals surface area contributed by atoms with E-state index >= 15 is 0 Å². The van der Waals surface area contributed by atoms with Crippen LogP contribution in [0.3, 0.4) is 0 Å². The van der Waals surface area contributed by atoms with Crippen LogP contribution in [-0.4, -0.2) is 41.0 Å². The van der Waals surface area contributed by atoms with Crippen molar-refractivity contribution in [3.8, 4) is 0 Å². The Bertz CT molecular complexity index is 417. The maximum atomic E-state index is 11.6. The molecule has 0 saturated heterocycles. The summed E-state index contributed by atoms with van der Waals surface area (Å²) in [6.07, 6.45) is 0.420.